The van der Waals surface area contributed by atoms with Crippen LogP contribution < -0.4 is 4.74 Å². The van der Waals surface area contributed by atoms with Crippen LogP contribution in [0.3, 0.4) is 0 Å². The summed E-state index contributed by atoms with van der Waals surface area (Å²) in [5.41, 5.74) is 3.94. The summed E-state index contributed by atoms with van der Waals surface area (Å²) in [6.07, 6.45) is 2.75. The standard InChI is InChI=1S/C18H28N2O/c1-13-7-14(2)18(21-4)16(8-13)11-20-10-15-5-6-17(20)12-19(3)9-15/h7-8,15,17H,5-6,9-12H2,1-4H3/t15-,17+/m0/s1. The van der Waals surface area contributed by atoms with Gasteiger partial charge in [-0.25, -0.2) is 0 Å². The number of rotatable bonds is 3. The van der Waals surface area contributed by atoms with Gasteiger partial charge in [-0.15, -0.1) is 0 Å². The first kappa shape index (κ1) is 14.9. The Hall–Kier alpha value is -1.06. The number of aryl methyl sites for hydroxylation is 2. The van der Waals surface area contributed by atoms with E-state index in [9.17, 15) is 0 Å². The number of nitrogens with zero attached hydrogens (tertiary/aromatic N) is 2. The van der Waals surface area contributed by atoms with Gasteiger partial charge in [-0.05, 0) is 45.2 Å². The van der Waals surface area contributed by atoms with Crippen molar-refractivity contribution in [3.8, 4) is 5.75 Å². The molecule has 0 aliphatic carbocycles. The summed E-state index contributed by atoms with van der Waals surface area (Å²) in [5, 5.41) is 0. The number of hydrogen-bond donors (Lipinski definition) is 0. The van der Waals surface area contributed by atoms with Crippen LogP contribution in [0.5, 0.6) is 5.75 Å². The second-order valence-corrected chi connectivity index (χ2v) is 7.02. The molecule has 3 nitrogen and oxygen atoms in total. The summed E-state index contributed by atoms with van der Waals surface area (Å²) < 4.78 is 5.67. The number of methoxy groups -OCH3 is 1. The van der Waals surface area contributed by atoms with Crippen molar-refractivity contribution in [2.24, 2.45) is 5.92 Å². The molecule has 1 aromatic carbocycles. The molecule has 0 radical (unpaired) electrons. The number of hydrogen-bond acceptors (Lipinski definition) is 3. The molecule has 3 aliphatic rings. The lowest BCUT2D eigenvalue weighted by molar-refractivity contribution is 0.123. The number of piperidine rings is 1. The highest BCUT2D eigenvalue weighted by Gasteiger charge is 2.33. The lowest BCUT2D eigenvalue weighted by Gasteiger charge is -2.36. The van der Waals surface area contributed by atoms with Crippen molar-refractivity contribution in [3.63, 3.8) is 0 Å². The molecule has 0 N–H and O–H groups in total. The SMILES string of the molecule is COc1c(C)cc(C)cc1CN1C[C@H]2CC[C@@H]1CN(C)C2. The minimum Gasteiger partial charge on any atom is -0.496 e. The van der Waals surface area contributed by atoms with Crippen LogP contribution in [0.25, 0.3) is 0 Å². The van der Waals surface area contributed by atoms with E-state index in [4.69, 9.17) is 4.74 Å². The van der Waals surface area contributed by atoms with Gasteiger partial charge in [0, 0.05) is 37.8 Å². The molecular formula is C18H28N2O. The quantitative estimate of drug-likeness (QED) is 0.850. The Morgan fingerprint density at radius 2 is 1.95 bits per heavy atom. The van der Waals surface area contributed by atoms with Crippen molar-refractivity contribution in [1.29, 1.82) is 0 Å². The van der Waals surface area contributed by atoms with Gasteiger partial charge in [0.2, 0.25) is 0 Å². The molecule has 21 heavy (non-hydrogen) atoms. The van der Waals surface area contributed by atoms with Crippen molar-refractivity contribution in [3.05, 3.63) is 28.8 Å². The van der Waals surface area contributed by atoms with E-state index in [1.807, 2.05) is 0 Å². The molecule has 116 valence electrons. The van der Waals surface area contributed by atoms with Crippen LogP contribution >= 0.6 is 0 Å². The Labute approximate surface area is 128 Å². The van der Waals surface area contributed by atoms with Crippen LogP contribution in [0, 0.1) is 19.8 Å². The van der Waals surface area contributed by atoms with E-state index < -0.39 is 0 Å². The lowest BCUT2D eigenvalue weighted by atomic mass is 9.94. The largest absolute Gasteiger partial charge is 0.496 e. The summed E-state index contributed by atoms with van der Waals surface area (Å²) in [7, 11) is 4.07. The topological polar surface area (TPSA) is 15.7 Å². The van der Waals surface area contributed by atoms with Crippen LogP contribution in [0.2, 0.25) is 0 Å². The van der Waals surface area contributed by atoms with Crippen LogP contribution in [0.1, 0.15) is 29.5 Å². The number of ether oxygens (including phenoxy) is 1. The Bertz CT molecular complexity index is 514. The van der Waals surface area contributed by atoms with Crippen LogP contribution in [0.15, 0.2) is 12.1 Å². The molecule has 3 aliphatic heterocycles. The molecule has 0 aromatic heterocycles. The molecule has 0 spiro atoms. The van der Waals surface area contributed by atoms with E-state index in [1.165, 1.54) is 49.2 Å². The summed E-state index contributed by atoms with van der Waals surface area (Å²) in [5.74, 6) is 1.92. The Morgan fingerprint density at radius 3 is 2.71 bits per heavy atom. The average Bonchev–Trinajstić information content (AvgIpc) is 2.67. The van der Waals surface area contributed by atoms with Gasteiger partial charge in [-0.2, -0.15) is 0 Å². The van der Waals surface area contributed by atoms with Crippen molar-refractivity contribution in [2.75, 3.05) is 33.8 Å². The third kappa shape index (κ3) is 3.09. The molecule has 1 aromatic rings. The van der Waals surface area contributed by atoms with Gasteiger partial charge in [0.25, 0.3) is 0 Å². The lowest BCUT2D eigenvalue weighted by Crippen LogP contribution is -2.43. The van der Waals surface area contributed by atoms with E-state index in [1.54, 1.807) is 7.11 Å². The molecule has 3 heteroatoms. The van der Waals surface area contributed by atoms with Gasteiger partial charge < -0.3 is 9.64 Å². The Balaban J connectivity index is 1.83. The Morgan fingerprint density at radius 1 is 1.14 bits per heavy atom. The minimum absolute atomic E-state index is 0.708. The Kier molecular flexibility index (Phi) is 4.23. The first-order chi connectivity index (χ1) is 10.1. The van der Waals surface area contributed by atoms with Crippen molar-refractivity contribution >= 4 is 0 Å². The van der Waals surface area contributed by atoms with E-state index >= 15 is 0 Å². The summed E-state index contributed by atoms with van der Waals surface area (Å²) >= 11 is 0. The maximum Gasteiger partial charge on any atom is 0.126 e. The predicted octanol–water partition coefficient (Wildman–Crippen LogP) is 2.84. The zero-order chi connectivity index (χ0) is 15.0. The fourth-order valence-corrected chi connectivity index (χ4v) is 4.28. The van der Waals surface area contributed by atoms with E-state index in [2.05, 4.69) is 42.8 Å². The number of benzene rings is 1. The van der Waals surface area contributed by atoms with Crippen molar-refractivity contribution < 1.29 is 4.74 Å². The van der Waals surface area contributed by atoms with Crippen LogP contribution in [-0.4, -0.2) is 49.6 Å². The fraction of sp³-hybridized carbons (Fsp3) is 0.667. The predicted molar refractivity (Wildman–Crippen MR) is 86.9 cm³/mol. The van der Waals surface area contributed by atoms with Gasteiger partial charge >= 0.3 is 0 Å². The van der Waals surface area contributed by atoms with Gasteiger partial charge in [0.1, 0.15) is 5.75 Å². The van der Waals surface area contributed by atoms with Crippen LogP contribution in [0.4, 0.5) is 0 Å². The third-order valence-electron chi connectivity index (χ3n) is 5.08. The maximum atomic E-state index is 5.67. The van der Waals surface area contributed by atoms with E-state index in [-0.39, 0.29) is 0 Å². The fourth-order valence-electron chi connectivity index (χ4n) is 4.28. The molecule has 4 rings (SSSR count). The highest BCUT2D eigenvalue weighted by molar-refractivity contribution is 5.43. The molecule has 2 atom stereocenters. The summed E-state index contributed by atoms with van der Waals surface area (Å²) in [4.78, 5) is 5.20. The molecule has 3 heterocycles. The number of likely N-dealkylation sites (N-methyl/N-ethyl adjacent to an activating group) is 1. The summed E-state index contributed by atoms with van der Waals surface area (Å²) in [6, 6.07) is 5.22. The maximum absolute atomic E-state index is 5.67. The second kappa shape index (κ2) is 5.98. The summed E-state index contributed by atoms with van der Waals surface area (Å²) in [6.45, 7) is 9.07. The molecule has 0 amide bonds. The van der Waals surface area contributed by atoms with Gasteiger partial charge in [-0.3, -0.25) is 4.90 Å². The third-order valence-corrected chi connectivity index (χ3v) is 5.08. The van der Waals surface area contributed by atoms with Gasteiger partial charge in [-0.1, -0.05) is 17.7 Å². The van der Waals surface area contributed by atoms with Crippen molar-refractivity contribution in [1.82, 2.24) is 9.80 Å². The second-order valence-electron chi connectivity index (χ2n) is 7.02. The first-order valence-corrected chi connectivity index (χ1v) is 8.13. The molecule has 0 saturated carbocycles. The smallest absolute Gasteiger partial charge is 0.126 e. The van der Waals surface area contributed by atoms with Gasteiger partial charge in [0.15, 0.2) is 0 Å². The zero-order valence-corrected chi connectivity index (χ0v) is 13.9. The van der Waals surface area contributed by atoms with Crippen molar-refractivity contribution in [2.45, 2.75) is 39.3 Å². The highest BCUT2D eigenvalue weighted by atomic mass is 16.5. The van der Waals surface area contributed by atoms with Crippen LogP contribution in [-0.2, 0) is 6.54 Å². The molecule has 3 saturated heterocycles. The molecule has 2 bridgehead atoms. The van der Waals surface area contributed by atoms with E-state index in [0.717, 1.165) is 18.2 Å². The average molecular weight is 288 g/mol. The van der Waals surface area contributed by atoms with E-state index in [0.29, 0.717) is 6.04 Å². The van der Waals surface area contributed by atoms with Gasteiger partial charge in [0.05, 0.1) is 7.11 Å². The minimum atomic E-state index is 0.708. The number of fused-ring (bicyclic) bond motifs is 4. The first-order valence-electron chi connectivity index (χ1n) is 8.13. The normalized spacial score (nSPS) is 26.9. The zero-order valence-electron chi connectivity index (χ0n) is 13.9. The highest BCUT2D eigenvalue weighted by Crippen LogP contribution is 2.32. The molecule has 3 fully saturated rings. The molecule has 0 unspecified atom stereocenters. The molecular weight excluding hydrogens is 260 g/mol. The monoisotopic (exact) mass is 288 g/mol.